The van der Waals surface area contributed by atoms with Gasteiger partial charge in [0.25, 0.3) is 15.9 Å². The quantitative estimate of drug-likeness (QED) is 0.128. The van der Waals surface area contributed by atoms with Crippen LogP contribution >= 0.6 is 0 Å². The minimum absolute atomic E-state index is 0.0601. The van der Waals surface area contributed by atoms with Crippen molar-refractivity contribution in [3.8, 4) is 0 Å². The number of rotatable bonds is 11. The Morgan fingerprint density at radius 1 is 0.786 bits per heavy atom. The van der Waals surface area contributed by atoms with Crippen molar-refractivity contribution in [1.82, 2.24) is 0 Å². The molecule has 9 heteroatoms. The first-order valence-electron chi connectivity index (χ1n) is 13.6. The van der Waals surface area contributed by atoms with Gasteiger partial charge in [0.2, 0.25) is 5.78 Å². The van der Waals surface area contributed by atoms with Gasteiger partial charge in [0, 0.05) is 37.1 Å². The molecule has 0 spiro atoms. The molecule has 216 valence electrons. The zero-order chi connectivity index (χ0) is 30.3. The summed E-state index contributed by atoms with van der Waals surface area (Å²) in [6.07, 6.45) is 0. The van der Waals surface area contributed by atoms with Crippen molar-refractivity contribution in [2.45, 2.75) is 25.7 Å². The molecule has 8 nitrogen and oxygen atoms in total. The van der Waals surface area contributed by atoms with Gasteiger partial charge in [0.1, 0.15) is 0 Å². The number of benzene rings is 4. The van der Waals surface area contributed by atoms with Gasteiger partial charge in [-0.25, -0.2) is 13.4 Å². The molecule has 42 heavy (non-hydrogen) atoms. The summed E-state index contributed by atoms with van der Waals surface area (Å²) >= 11 is 0. The lowest BCUT2D eigenvalue weighted by molar-refractivity contribution is -0.110. The minimum Gasteiger partial charge on any atom is -0.372 e. The average molecular weight is 583 g/mol. The van der Waals surface area contributed by atoms with Gasteiger partial charge in [-0.3, -0.25) is 13.9 Å². The molecule has 0 bridgehead atoms. The number of carbonyl (C=O) groups is 2. The third kappa shape index (κ3) is 6.75. The van der Waals surface area contributed by atoms with E-state index in [1.165, 1.54) is 35.6 Å². The highest BCUT2D eigenvalue weighted by atomic mass is 32.2. The Morgan fingerprint density at radius 3 is 1.98 bits per heavy atom. The van der Waals surface area contributed by atoms with Crippen molar-refractivity contribution in [3.63, 3.8) is 0 Å². The molecular weight excluding hydrogens is 548 g/mol. The standard InChI is InChI=1S/C33H34N4O4S/c1-5-37(6-2)28-20-17-24(3)30(23-28)35-31(32(38)25-13-9-7-10-14-25)33(39)34-26-18-21-29(22-19-26)42(40,41)36(4)27-15-11-8-12-16-27/h7-23H,5-6H2,1-4H3,(H,34,39). The summed E-state index contributed by atoms with van der Waals surface area (Å²) in [6.45, 7) is 7.58. The van der Waals surface area contributed by atoms with Crippen LogP contribution in [0, 0.1) is 6.92 Å². The monoisotopic (exact) mass is 582 g/mol. The van der Waals surface area contributed by atoms with Crippen molar-refractivity contribution in [1.29, 1.82) is 0 Å². The molecule has 0 heterocycles. The zero-order valence-corrected chi connectivity index (χ0v) is 24.9. The number of para-hydroxylation sites is 1. The van der Waals surface area contributed by atoms with Gasteiger partial charge in [0.05, 0.1) is 16.3 Å². The number of aryl methyl sites for hydroxylation is 1. The van der Waals surface area contributed by atoms with Gasteiger partial charge in [-0.1, -0.05) is 54.6 Å². The van der Waals surface area contributed by atoms with E-state index in [1.807, 2.05) is 31.2 Å². The van der Waals surface area contributed by atoms with Crippen LogP contribution in [-0.2, 0) is 14.8 Å². The molecular formula is C33H34N4O4S. The van der Waals surface area contributed by atoms with Crippen LogP contribution in [0.4, 0.5) is 22.7 Å². The van der Waals surface area contributed by atoms with Crippen LogP contribution in [0.3, 0.4) is 0 Å². The van der Waals surface area contributed by atoms with Crippen molar-refractivity contribution in [3.05, 3.63) is 114 Å². The van der Waals surface area contributed by atoms with E-state index >= 15 is 0 Å². The molecule has 4 aromatic carbocycles. The summed E-state index contributed by atoms with van der Waals surface area (Å²) in [4.78, 5) is 33.9. The third-order valence-electron chi connectivity index (χ3n) is 6.91. The Kier molecular flexibility index (Phi) is 9.54. The smallest absolute Gasteiger partial charge is 0.278 e. The maximum Gasteiger partial charge on any atom is 0.278 e. The van der Waals surface area contributed by atoms with E-state index in [0.29, 0.717) is 22.6 Å². The second-order valence-electron chi connectivity index (χ2n) is 9.59. The first kappa shape index (κ1) is 30.2. The van der Waals surface area contributed by atoms with Crippen LogP contribution in [-0.4, -0.2) is 46.0 Å². The molecule has 0 saturated heterocycles. The fourth-order valence-electron chi connectivity index (χ4n) is 4.39. The van der Waals surface area contributed by atoms with Crippen molar-refractivity contribution in [2.24, 2.45) is 4.99 Å². The predicted octanol–water partition coefficient (Wildman–Crippen LogP) is 6.26. The summed E-state index contributed by atoms with van der Waals surface area (Å²) in [5.74, 6) is -1.22. The third-order valence-corrected chi connectivity index (χ3v) is 8.71. The Morgan fingerprint density at radius 2 is 1.38 bits per heavy atom. The summed E-state index contributed by atoms with van der Waals surface area (Å²) in [5.41, 5.74) is 3.16. The molecule has 1 N–H and O–H groups in total. The highest BCUT2D eigenvalue weighted by molar-refractivity contribution is 7.92. The number of aliphatic imine (C=N–C) groups is 1. The maximum absolute atomic E-state index is 13.5. The van der Waals surface area contributed by atoms with Crippen LogP contribution in [0.25, 0.3) is 0 Å². The predicted molar refractivity (Wildman–Crippen MR) is 170 cm³/mol. The van der Waals surface area contributed by atoms with Gasteiger partial charge >= 0.3 is 0 Å². The summed E-state index contributed by atoms with van der Waals surface area (Å²) < 4.78 is 27.5. The van der Waals surface area contributed by atoms with Gasteiger partial charge in [-0.05, 0) is 74.9 Å². The molecule has 0 unspecified atom stereocenters. The molecule has 4 aromatic rings. The van der Waals surface area contributed by atoms with Crippen LogP contribution in [0.1, 0.15) is 29.8 Å². The Hall–Kier alpha value is -4.76. The summed E-state index contributed by atoms with van der Waals surface area (Å²) in [6, 6.07) is 28.8. The Labute approximate surface area is 247 Å². The van der Waals surface area contributed by atoms with Gasteiger partial charge in [-0.15, -0.1) is 0 Å². The van der Waals surface area contributed by atoms with E-state index in [2.05, 4.69) is 29.1 Å². The average Bonchev–Trinajstić information content (AvgIpc) is 3.02. The molecule has 4 rings (SSSR count). The minimum atomic E-state index is -3.83. The molecule has 0 atom stereocenters. The number of ketones is 1. The fraction of sp³-hybridized carbons (Fsp3) is 0.182. The second kappa shape index (κ2) is 13.3. The molecule has 0 aliphatic carbocycles. The number of hydrogen-bond donors (Lipinski definition) is 1. The number of sulfonamides is 1. The maximum atomic E-state index is 13.5. The number of carbonyl (C=O) groups excluding carboxylic acids is 2. The highest BCUT2D eigenvalue weighted by Gasteiger charge is 2.24. The lowest BCUT2D eigenvalue weighted by Crippen LogP contribution is -2.30. The zero-order valence-electron chi connectivity index (χ0n) is 24.1. The molecule has 1 amide bonds. The van der Waals surface area contributed by atoms with E-state index in [4.69, 9.17) is 0 Å². The molecule has 0 saturated carbocycles. The van der Waals surface area contributed by atoms with Gasteiger partial charge < -0.3 is 10.2 Å². The normalized spacial score (nSPS) is 11.6. The Bertz CT molecular complexity index is 1680. The SMILES string of the molecule is CCN(CC)c1ccc(C)c(N=C(C(=O)Nc2ccc(S(=O)(=O)N(C)c3ccccc3)cc2)C(=O)c2ccccc2)c1. The van der Waals surface area contributed by atoms with E-state index in [0.717, 1.165) is 24.3 Å². The first-order chi connectivity index (χ1) is 20.1. The molecule has 0 aromatic heterocycles. The van der Waals surface area contributed by atoms with Crippen molar-refractivity contribution < 1.29 is 18.0 Å². The summed E-state index contributed by atoms with van der Waals surface area (Å²) in [7, 11) is -2.34. The van der Waals surface area contributed by atoms with Crippen LogP contribution in [0.2, 0.25) is 0 Å². The number of anilines is 3. The fourth-order valence-corrected chi connectivity index (χ4v) is 5.59. The second-order valence-corrected chi connectivity index (χ2v) is 11.6. The largest absolute Gasteiger partial charge is 0.372 e. The lowest BCUT2D eigenvalue weighted by Gasteiger charge is -2.21. The Balaban J connectivity index is 1.66. The van der Waals surface area contributed by atoms with Crippen molar-refractivity contribution >= 4 is 50.2 Å². The van der Waals surface area contributed by atoms with E-state index in [1.54, 1.807) is 54.6 Å². The van der Waals surface area contributed by atoms with E-state index in [9.17, 15) is 18.0 Å². The van der Waals surface area contributed by atoms with Crippen LogP contribution in [0.5, 0.6) is 0 Å². The number of hydrogen-bond acceptors (Lipinski definition) is 6. The van der Waals surface area contributed by atoms with E-state index in [-0.39, 0.29) is 10.6 Å². The van der Waals surface area contributed by atoms with Crippen LogP contribution < -0.4 is 14.5 Å². The van der Waals surface area contributed by atoms with Crippen LogP contribution in [0.15, 0.2) is 113 Å². The molecule has 0 radical (unpaired) electrons. The number of nitrogens with zero attached hydrogens (tertiary/aromatic N) is 3. The summed E-state index contributed by atoms with van der Waals surface area (Å²) in [5, 5.41) is 2.72. The topological polar surface area (TPSA) is 99.2 Å². The highest BCUT2D eigenvalue weighted by Crippen LogP contribution is 2.27. The van der Waals surface area contributed by atoms with E-state index < -0.39 is 21.7 Å². The number of Topliss-reactive ketones (excluding diaryl/α,β-unsaturated/α-hetero) is 1. The van der Waals surface area contributed by atoms with Crippen molar-refractivity contribution in [2.75, 3.05) is 34.7 Å². The molecule has 0 aliphatic heterocycles. The number of amides is 1. The number of nitrogens with one attached hydrogen (secondary N) is 1. The first-order valence-corrected chi connectivity index (χ1v) is 15.1. The van der Waals surface area contributed by atoms with Gasteiger partial charge in [0.15, 0.2) is 5.71 Å². The molecule has 0 fully saturated rings. The van der Waals surface area contributed by atoms with Gasteiger partial charge in [-0.2, -0.15) is 0 Å². The lowest BCUT2D eigenvalue weighted by atomic mass is 10.1. The molecule has 0 aliphatic rings.